The number of amides is 1. The Morgan fingerprint density at radius 1 is 1.43 bits per heavy atom. The maximum atomic E-state index is 12.0. The average molecular weight is 303 g/mol. The largest absolute Gasteiger partial charge is 0.367 e. The summed E-state index contributed by atoms with van der Waals surface area (Å²) in [5, 5.41) is 14.0. The second kappa shape index (κ2) is 6.17. The third kappa shape index (κ3) is 3.36. The van der Waals surface area contributed by atoms with Gasteiger partial charge >= 0.3 is 0 Å². The van der Waals surface area contributed by atoms with E-state index in [1.165, 1.54) is 30.6 Å². The molecule has 1 fully saturated rings. The van der Waals surface area contributed by atoms with Crippen LogP contribution in [0.15, 0.2) is 23.8 Å². The zero-order chi connectivity index (χ0) is 14.7. The standard InChI is InChI=1S/C14H17N5OS/c1-9(10-3-2-4-10)17-12-6-5-11(7-15-12)13(20)18-14-19-16-8-21-14/h5-10H,2-4H2,1H3,(H,15,17)(H,18,19,20). The molecule has 1 aliphatic rings. The van der Waals surface area contributed by atoms with E-state index in [1.54, 1.807) is 17.8 Å². The minimum absolute atomic E-state index is 0.224. The molecule has 0 saturated heterocycles. The molecule has 0 spiro atoms. The molecule has 1 atom stereocenters. The number of carbonyl (C=O) groups excluding carboxylic acids is 1. The molecule has 1 amide bonds. The Hall–Kier alpha value is -2.02. The summed E-state index contributed by atoms with van der Waals surface area (Å²) in [4.78, 5) is 16.3. The molecule has 2 aromatic rings. The first-order valence-electron chi connectivity index (χ1n) is 7.02. The van der Waals surface area contributed by atoms with Crippen LogP contribution in [-0.4, -0.2) is 27.1 Å². The van der Waals surface area contributed by atoms with Crippen molar-refractivity contribution in [1.29, 1.82) is 0 Å². The Kier molecular flexibility index (Phi) is 4.10. The van der Waals surface area contributed by atoms with Crippen molar-refractivity contribution in [2.75, 3.05) is 10.6 Å². The summed E-state index contributed by atoms with van der Waals surface area (Å²) in [5.41, 5.74) is 2.08. The van der Waals surface area contributed by atoms with Gasteiger partial charge in [-0.3, -0.25) is 10.1 Å². The molecule has 0 bridgehead atoms. The van der Waals surface area contributed by atoms with Crippen molar-refractivity contribution in [3.63, 3.8) is 0 Å². The van der Waals surface area contributed by atoms with Crippen LogP contribution < -0.4 is 10.6 Å². The van der Waals surface area contributed by atoms with Gasteiger partial charge in [0.05, 0.1) is 5.56 Å². The van der Waals surface area contributed by atoms with Crippen LogP contribution in [0, 0.1) is 5.92 Å². The zero-order valence-corrected chi connectivity index (χ0v) is 12.6. The van der Waals surface area contributed by atoms with E-state index in [-0.39, 0.29) is 5.91 Å². The van der Waals surface area contributed by atoms with Gasteiger partial charge in [0.15, 0.2) is 0 Å². The number of hydrogen-bond acceptors (Lipinski definition) is 6. The summed E-state index contributed by atoms with van der Waals surface area (Å²) in [5.74, 6) is 1.33. The first kappa shape index (κ1) is 13.9. The number of pyridine rings is 1. The fourth-order valence-corrected chi connectivity index (χ4v) is 2.74. The maximum absolute atomic E-state index is 12.0. The van der Waals surface area contributed by atoms with E-state index in [0.29, 0.717) is 16.7 Å². The fourth-order valence-electron chi connectivity index (χ4n) is 2.30. The molecule has 1 unspecified atom stereocenters. The van der Waals surface area contributed by atoms with Crippen LogP contribution in [0.4, 0.5) is 10.9 Å². The zero-order valence-electron chi connectivity index (χ0n) is 11.7. The molecule has 21 heavy (non-hydrogen) atoms. The summed E-state index contributed by atoms with van der Waals surface area (Å²) in [7, 11) is 0. The minimum atomic E-state index is -0.224. The Balaban J connectivity index is 1.59. The molecule has 2 aromatic heterocycles. The van der Waals surface area contributed by atoms with E-state index in [4.69, 9.17) is 0 Å². The van der Waals surface area contributed by atoms with Gasteiger partial charge in [-0.05, 0) is 37.8 Å². The van der Waals surface area contributed by atoms with Gasteiger partial charge in [-0.15, -0.1) is 10.2 Å². The maximum Gasteiger partial charge on any atom is 0.259 e. The first-order chi connectivity index (χ1) is 10.2. The molecule has 2 N–H and O–H groups in total. The van der Waals surface area contributed by atoms with Gasteiger partial charge in [0.25, 0.3) is 5.91 Å². The van der Waals surface area contributed by atoms with E-state index in [0.717, 1.165) is 11.7 Å². The Bertz CT molecular complexity index is 594. The molecular weight excluding hydrogens is 286 g/mol. The smallest absolute Gasteiger partial charge is 0.259 e. The highest BCUT2D eigenvalue weighted by Crippen LogP contribution is 2.30. The lowest BCUT2D eigenvalue weighted by molar-refractivity contribution is 0.102. The molecule has 0 radical (unpaired) electrons. The van der Waals surface area contributed by atoms with E-state index in [9.17, 15) is 4.79 Å². The van der Waals surface area contributed by atoms with Crippen molar-refractivity contribution in [1.82, 2.24) is 15.2 Å². The van der Waals surface area contributed by atoms with Gasteiger partial charge in [0.1, 0.15) is 11.3 Å². The number of aromatic nitrogens is 3. The molecule has 0 aliphatic heterocycles. The molecule has 2 heterocycles. The molecule has 1 aliphatic carbocycles. The van der Waals surface area contributed by atoms with Crippen molar-refractivity contribution >= 4 is 28.2 Å². The molecule has 110 valence electrons. The topological polar surface area (TPSA) is 79.8 Å². The summed E-state index contributed by atoms with van der Waals surface area (Å²) in [6, 6.07) is 4.02. The molecule has 1 saturated carbocycles. The van der Waals surface area contributed by atoms with Gasteiger partial charge in [-0.25, -0.2) is 4.98 Å². The third-order valence-electron chi connectivity index (χ3n) is 3.84. The second-order valence-electron chi connectivity index (χ2n) is 5.25. The normalized spacial score (nSPS) is 16.0. The van der Waals surface area contributed by atoms with E-state index >= 15 is 0 Å². The Morgan fingerprint density at radius 2 is 2.29 bits per heavy atom. The lowest BCUT2D eigenvalue weighted by Gasteiger charge is -2.32. The highest BCUT2D eigenvalue weighted by atomic mass is 32.1. The van der Waals surface area contributed by atoms with Crippen molar-refractivity contribution < 1.29 is 4.79 Å². The van der Waals surface area contributed by atoms with Crippen LogP contribution in [0.5, 0.6) is 0 Å². The first-order valence-corrected chi connectivity index (χ1v) is 7.90. The predicted molar refractivity (Wildman–Crippen MR) is 82.5 cm³/mol. The summed E-state index contributed by atoms with van der Waals surface area (Å²) >= 11 is 1.28. The van der Waals surface area contributed by atoms with Gasteiger partial charge in [0.2, 0.25) is 5.13 Å². The Morgan fingerprint density at radius 3 is 2.86 bits per heavy atom. The SMILES string of the molecule is CC(Nc1ccc(C(=O)Nc2nncs2)cn1)C1CCC1. The summed E-state index contributed by atoms with van der Waals surface area (Å²) in [6.45, 7) is 2.18. The average Bonchev–Trinajstić information content (AvgIpc) is 2.90. The molecule has 7 heteroatoms. The van der Waals surface area contributed by atoms with Crippen LogP contribution in [-0.2, 0) is 0 Å². The molecule has 6 nitrogen and oxygen atoms in total. The van der Waals surface area contributed by atoms with Gasteiger partial charge < -0.3 is 5.32 Å². The summed E-state index contributed by atoms with van der Waals surface area (Å²) < 4.78 is 0. The van der Waals surface area contributed by atoms with Crippen LogP contribution >= 0.6 is 11.3 Å². The minimum Gasteiger partial charge on any atom is -0.367 e. The highest BCUT2D eigenvalue weighted by Gasteiger charge is 2.23. The highest BCUT2D eigenvalue weighted by molar-refractivity contribution is 7.13. The quantitative estimate of drug-likeness (QED) is 0.888. The predicted octanol–water partition coefficient (Wildman–Crippen LogP) is 2.79. The van der Waals surface area contributed by atoms with Crippen LogP contribution in [0.2, 0.25) is 0 Å². The van der Waals surface area contributed by atoms with Crippen molar-refractivity contribution in [2.24, 2.45) is 5.92 Å². The van der Waals surface area contributed by atoms with E-state index < -0.39 is 0 Å². The summed E-state index contributed by atoms with van der Waals surface area (Å²) in [6.07, 6.45) is 5.48. The monoisotopic (exact) mass is 303 g/mol. The number of anilines is 2. The second-order valence-corrected chi connectivity index (χ2v) is 6.09. The lowest BCUT2D eigenvalue weighted by Crippen LogP contribution is -2.31. The third-order valence-corrected chi connectivity index (χ3v) is 4.45. The van der Waals surface area contributed by atoms with Crippen molar-refractivity contribution in [3.05, 3.63) is 29.4 Å². The van der Waals surface area contributed by atoms with Crippen LogP contribution in [0.3, 0.4) is 0 Å². The number of rotatable bonds is 5. The molecule has 0 aromatic carbocycles. The number of nitrogens with one attached hydrogen (secondary N) is 2. The van der Waals surface area contributed by atoms with Crippen molar-refractivity contribution in [3.8, 4) is 0 Å². The Labute approximate surface area is 127 Å². The van der Waals surface area contributed by atoms with Crippen LogP contribution in [0.25, 0.3) is 0 Å². The molecular formula is C14H17N5OS. The van der Waals surface area contributed by atoms with E-state index in [1.807, 2.05) is 6.07 Å². The van der Waals surface area contributed by atoms with Gasteiger partial charge in [-0.2, -0.15) is 0 Å². The number of nitrogens with zero attached hydrogens (tertiary/aromatic N) is 3. The van der Waals surface area contributed by atoms with Gasteiger partial charge in [-0.1, -0.05) is 17.8 Å². The molecule has 3 rings (SSSR count). The lowest BCUT2D eigenvalue weighted by atomic mass is 9.80. The number of hydrogen-bond donors (Lipinski definition) is 2. The van der Waals surface area contributed by atoms with Gasteiger partial charge in [0, 0.05) is 12.2 Å². The van der Waals surface area contributed by atoms with Crippen molar-refractivity contribution in [2.45, 2.75) is 32.2 Å². The number of carbonyl (C=O) groups is 1. The van der Waals surface area contributed by atoms with Crippen LogP contribution in [0.1, 0.15) is 36.5 Å². The fraction of sp³-hybridized carbons (Fsp3) is 0.429. The van der Waals surface area contributed by atoms with E-state index in [2.05, 4.69) is 32.7 Å².